The van der Waals surface area contributed by atoms with E-state index in [0.29, 0.717) is 22.4 Å². The van der Waals surface area contributed by atoms with Gasteiger partial charge in [-0.25, -0.2) is 0 Å². The summed E-state index contributed by atoms with van der Waals surface area (Å²) in [5, 5.41) is 4.35. The van der Waals surface area contributed by atoms with Crippen LogP contribution >= 0.6 is 11.6 Å². The minimum absolute atomic E-state index is 0.404. The third-order valence-corrected chi connectivity index (χ3v) is 4.45. The minimum Gasteiger partial charge on any atom is -0.495 e. The maximum atomic E-state index is 6.11. The van der Waals surface area contributed by atoms with Crippen LogP contribution in [0.5, 0.6) is 5.75 Å². The van der Waals surface area contributed by atoms with Crippen molar-refractivity contribution in [3.63, 3.8) is 0 Å². The summed E-state index contributed by atoms with van der Waals surface area (Å²) < 4.78 is 5.33. The van der Waals surface area contributed by atoms with E-state index >= 15 is 0 Å². The fraction of sp³-hybridized carbons (Fsp3) is 0.625. The van der Waals surface area contributed by atoms with Crippen LogP contribution in [0.2, 0.25) is 5.02 Å². The van der Waals surface area contributed by atoms with Gasteiger partial charge in [-0.05, 0) is 48.4 Å². The molecule has 1 saturated carbocycles. The average molecular weight is 282 g/mol. The van der Waals surface area contributed by atoms with Crippen LogP contribution < -0.4 is 10.1 Å². The molecule has 0 spiro atoms. The Balaban J connectivity index is 2.22. The van der Waals surface area contributed by atoms with Gasteiger partial charge in [0, 0.05) is 6.04 Å². The Labute approximate surface area is 121 Å². The Kier molecular flexibility index (Phi) is 4.42. The minimum atomic E-state index is 0.404. The molecule has 2 atom stereocenters. The van der Waals surface area contributed by atoms with Crippen LogP contribution in [-0.4, -0.2) is 13.7 Å². The predicted octanol–water partition coefficient (Wildman–Crippen LogP) is 4.44. The lowest BCUT2D eigenvalue weighted by Crippen LogP contribution is -2.25. The highest BCUT2D eigenvalue weighted by molar-refractivity contribution is 6.32. The zero-order valence-electron chi connectivity index (χ0n) is 12.3. The van der Waals surface area contributed by atoms with Crippen molar-refractivity contribution in [2.75, 3.05) is 13.7 Å². The van der Waals surface area contributed by atoms with Crippen molar-refractivity contribution in [3.05, 3.63) is 28.8 Å². The number of methoxy groups -OCH3 is 1. The van der Waals surface area contributed by atoms with Gasteiger partial charge in [0.2, 0.25) is 0 Å². The Morgan fingerprint density at radius 2 is 2.16 bits per heavy atom. The summed E-state index contributed by atoms with van der Waals surface area (Å²) in [6, 6.07) is 6.53. The molecule has 2 nitrogen and oxygen atoms in total. The van der Waals surface area contributed by atoms with Gasteiger partial charge in [-0.3, -0.25) is 0 Å². The molecule has 0 radical (unpaired) electrons. The second-order valence-electron chi connectivity index (χ2n) is 6.12. The van der Waals surface area contributed by atoms with Gasteiger partial charge in [-0.1, -0.05) is 38.4 Å². The smallest absolute Gasteiger partial charge is 0.137 e. The zero-order chi connectivity index (χ0) is 14.0. The Morgan fingerprint density at radius 3 is 2.68 bits per heavy atom. The lowest BCUT2D eigenvalue weighted by atomic mass is 9.96. The fourth-order valence-corrected chi connectivity index (χ4v) is 2.93. The molecular formula is C16H24ClNO. The number of nitrogens with one attached hydrogen (secondary N) is 1. The molecule has 0 bridgehead atoms. The number of ether oxygens (including phenoxy) is 1. The first-order chi connectivity index (χ1) is 8.99. The normalized spacial score (nSPS) is 22.1. The van der Waals surface area contributed by atoms with Crippen molar-refractivity contribution in [1.82, 2.24) is 5.32 Å². The van der Waals surface area contributed by atoms with Gasteiger partial charge >= 0.3 is 0 Å². The van der Waals surface area contributed by atoms with Gasteiger partial charge in [-0.15, -0.1) is 0 Å². The molecule has 3 heteroatoms. The van der Waals surface area contributed by atoms with E-state index < -0.39 is 0 Å². The second-order valence-corrected chi connectivity index (χ2v) is 6.53. The van der Waals surface area contributed by atoms with Gasteiger partial charge in [0.1, 0.15) is 5.75 Å². The summed E-state index contributed by atoms with van der Waals surface area (Å²) in [5.74, 6) is 1.46. The number of halogens is 1. The summed E-state index contributed by atoms with van der Waals surface area (Å²) in [7, 11) is 1.67. The van der Waals surface area contributed by atoms with Crippen LogP contribution in [0.4, 0.5) is 0 Å². The summed E-state index contributed by atoms with van der Waals surface area (Å²) in [4.78, 5) is 0. The quantitative estimate of drug-likeness (QED) is 0.832. The molecule has 0 aromatic heterocycles. The molecular weight excluding hydrogens is 258 g/mol. The lowest BCUT2D eigenvalue weighted by molar-refractivity contribution is 0.402. The van der Waals surface area contributed by atoms with Crippen molar-refractivity contribution < 1.29 is 4.74 Å². The summed E-state index contributed by atoms with van der Waals surface area (Å²) >= 11 is 6.11. The Bertz CT molecular complexity index is 444. The molecule has 2 rings (SSSR count). The maximum absolute atomic E-state index is 6.11. The highest BCUT2D eigenvalue weighted by Crippen LogP contribution is 2.58. The first kappa shape index (κ1) is 14.7. The van der Waals surface area contributed by atoms with Crippen molar-refractivity contribution in [3.8, 4) is 5.75 Å². The summed E-state index contributed by atoms with van der Waals surface area (Å²) in [6.45, 7) is 7.92. The molecule has 1 N–H and O–H groups in total. The lowest BCUT2D eigenvalue weighted by Gasteiger charge is -2.21. The van der Waals surface area contributed by atoms with Crippen LogP contribution in [0, 0.1) is 11.3 Å². The SMILES string of the molecule is CCCNC(c1ccc(Cl)c(OC)c1)C1CC1(C)C. The molecule has 0 aliphatic heterocycles. The monoisotopic (exact) mass is 281 g/mol. The van der Waals surface area contributed by atoms with Crippen LogP contribution in [-0.2, 0) is 0 Å². The van der Waals surface area contributed by atoms with E-state index in [0.717, 1.165) is 18.7 Å². The largest absolute Gasteiger partial charge is 0.495 e. The Hall–Kier alpha value is -0.730. The van der Waals surface area contributed by atoms with Gasteiger partial charge in [0.25, 0.3) is 0 Å². The van der Waals surface area contributed by atoms with Crippen molar-refractivity contribution in [1.29, 1.82) is 0 Å². The molecule has 0 heterocycles. The fourth-order valence-electron chi connectivity index (χ4n) is 2.74. The molecule has 0 amide bonds. The topological polar surface area (TPSA) is 21.3 Å². The van der Waals surface area contributed by atoms with Crippen molar-refractivity contribution in [2.24, 2.45) is 11.3 Å². The van der Waals surface area contributed by atoms with E-state index in [2.05, 4.69) is 38.2 Å². The second kappa shape index (κ2) is 5.72. The van der Waals surface area contributed by atoms with E-state index in [1.54, 1.807) is 7.11 Å². The van der Waals surface area contributed by atoms with E-state index in [1.807, 2.05) is 6.07 Å². The first-order valence-electron chi connectivity index (χ1n) is 7.06. The highest BCUT2D eigenvalue weighted by Gasteiger charge is 2.50. The van der Waals surface area contributed by atoms with Gasteiger partial charge < -0.3 is 10.1 Å². The number of hydrogen-bond donors (Lipinski definition) is 1. The molecule has 19 heavy (non-hydrogen) atoms. The van der Waals surface area contributed by atoms with E-state index in [9.17, 15) is 0 Å². The number of rotatable bonds is 6. The van der Waals surface area contributed by atoms with Crippen LogP contribution in [0.25, 0.3) is 0 Å². The number of hydrogen-bond acceptors (Lipinski definition) is 2. The molecule has 1 aromatic rings. The van der Waals surface area contributed by atoms with E-state index in [-0.39, 0.29) is 0 Å². The Morgan fingerprint density at radius 1 is 1.47 bits per heavy atom. The van der Waals surface area contributed by atoms with Crippen LogP contribution in [0.1, 0.15) is 45.2 Å². The van der Waals surface area contributed by atoms with E-state index in [1.165, 1.54) is 12.0 Å². The van der Waals surface area contributed by atoms with Gasteiger partial charge in [0.05, 0.1) is 12.1 Å². The third kappa shape index (κ3) is 3.24. The molecule has 1 aliphatic rings. The highest BCUT2D eigenvalue weighted by atomic mass is 35.5. The van der Waals surface area contributed by atoms with Gasteiger partial charge in [-0.2, -0.15) is 0 Å². The predicted molar refractivity (Wildman–Crippen MR) is 80.9 cm³/mol. The third-order valence-electron chi connectivity index (χ3n) is 4.14. The molecule has 1 aromatic carbocycles. The molecule has 1 aliphatic carbocycles. The maximum Gasteiger partial charge on any atom is 0.137 e. The zero-order valence-corrected chi connectivity index (χ0v) is 13.1. The molecule has 106 valence electrons. The molecule has 1 fully saturated rings. The van der Waals surface area contributed by atoms with Crippen molar-refractivity contribution >= 4 is 11.6 Å². The number of benzene rings is 1. The standard InChI is InChI=1S/C16H24ClNO/c1-5-8-18-15(12-10-16(12,2)3)11-6-7-13(17)14(9-11)19-4/h6-7,9,12,15,18H,5,8,10H2,1-4H3. The van der Waals surface area contributed by atoms with Crippen LogP contribution in [0.15, 0.2) is 18.2 Å². The average Bonchev–Trinajstić information content (AvgIpc) is 3.00. The molecule has 0 saturated heterocycles. The molecule has 2 unspecified atom stereocenters. The first-order valence-corrected chi connectivity index (χ1v) is 7.44. The van der Waals surface area contributed by atoms with Gasteiger partial charge in [0.15, 0.2) is 0 Å². The van der Waals surface area contributed by atoms with E-state index in [4.69, 9.17) is 16.3 Å². The van der Waals surface area contributed by atoms with Crippen LogP contribution in [0.3, 0.4) is 0 Å². The van der Waals surface area contributed by atoms with Crippen molar-refractivity contribution in [2.45, 2.75) is 39.7 Å². The summed E-state index contributed by atoms with van der Waals surface area (Å²) in [6.07, 6.45) is 2.42. The summed E-state index contributed by atoms with van der Waals surface area (Å²) in [5.41, 5.74) is 1.73.